The van der Waals surface area contributed by atoms with Crippen molar-refractivity contribution >= 4 is 17.7 Å². The summed E-state index contributed by atoms with van der Waals surface area (Å²) in [6.45, 7) is 4.40. The van der Waals surface area contributed by atoms with Gasteiger partial charge in [-0.2, -0.15) is 0 Å². The number of carbonyl (C=O) groups excluding carboxylic acids is 3. The van der Waals surface area contributed by atoms with Gasteiger partial charge in [0.25, 0.3) is 0 Å². The first kappa shape index (κ1) is 16.7. The first-order valence-corrected chi connectivity index (χ1v) is 9.82. The van der Waals surface area contributed by atoms with Gasteiger partial charge in [0.05, 0.1) is 25.2 Å². The van der Waals surface area contributed by atoms with Gasteiger partial charge in [-0.25, -0.2) is 0 Å². The second-order valence-corrected chi connectivity index (χ2v) is 9.73. The molecule has 6 heteroatoms. The summed E-state index contributed by atoms with van der Waals surface area (Å²) in [7, 11) is 0. The van der Waals surface area contributed by atoms with E-state index in [2.05, 4.69) is 6.92 Å². The predicted molar refractivity (Wildman–Crippen MR) is 88.6 cm³/mol. The summed E-state index contributed by atoms with van der Waals surface area (Å²) in [5, 5.41) is 11.1. The van der Waals surface area contributed by atoms with Crippen LogP contribution in [0.15, 0.2) is 0 Å². The van der Waals surface area contributed by atoms with Gasteiger partial charge in [-0.1, -0.05) is 20.3 Å². The highest BCUT2D eigenvalue weighted by atomic mass is 16.5. The van der Waals surface area contributed by atoms with E-state index in [4.69, 9.17) is 9.47 Å². The third-order valence-corrected chi connectivity index (χ3v) is 8.50. The Labute approximate surface area is 152 Å². The molecule has 3 saturated carbocycles. The quantitative estimate of drug-likeness (QED) is 0.519. The molecule has 0 aromatic heterocycles. The molecule has 6 nitrogen and oxygen atoms in total. The average Bonchev–Trinajstić information content (AvgIpc) is 3.01. The smallest absolute Gasteiger partial charge is 0.320 e. The molecule has 5 fully saturated rings. The molecule has 0 amide bonds. The Morgan fingerprint density at radius 3 is 2.65 bits per heavy atom. The highest BCUT2D eigenvalue weighted by molar-refractivity contribution is 6.08. The minimum Gasteiger partial charge on any atom is -0.465 e. The van der Waals surface area contributed by atoms with E-state index in [1.54, 1.807) is 0 Å². The number of ether oxygens (including phenoxy) is 2. The van der Waals surface area contributed by atoms with Crippen molar-refractivity contribution in [2.24, 2.45) is 39.9 Å². The molecule has 2 aliphatic heterocycles. The van der Waals surface area contributed by atoms with E-state index in [1.165, 1.54) is 0 Å². The Balaban J connectivity index is 1.70. The third-order valence-electron chi connectivity index (χ3n) is 8.50. The maximum atomic E-state index is 13.3. The molecule has 142 valence electrons. The highest BCUT2D eigenvalue weighted by Gasteiger charge is 2.76. The summed E-state index contributed by atoms with van der Waals surface area (Å²) in [5.74, 6) is -2.02. The fourth-order valence-electron chi connectivity index (χ4n) is 7.55. The lowest BCUT2D eigenvalue weighted by molar-refractivity contribution is -0.225. The maximum Gasteiger partial charge on any atom is 0.320 e. The molecule has 2 spiro atoms. The second-order valence-electron chi connectivity index (χ2n) is 9.73. The predicted octanol–water partition coefficient (Wildman–Crippen LogP) is 1.49. The van der Waals surface area contributed by atoms with Crippen LogP contribution in [0, 0.1) is 39.9 Å². The minimum absolute atomic E-state index is 0.0157. The Kier molecular flexibility index (Phi) is 3.14. The number of ketones is 1. The SMILES string of the molecule is C[C@@H]1C(=O)[C@]23C[C@H]1C[C@@H](O)[C@H]2[C@@]1(CCC[C@@]2(C)COC(=O)[C@H]21)COC3=O. The Hall–Kier alpha value is -1.43. The first-order valence-electron chi connectivity index (χ1n) is 9.82. The van der Waals surface area contributed by atoms with E-state index in [-0.39, 0.29) is 35.6 Å². The summed E-state index contributed by atoms with van der Waals surface area (Å²) >= 11 is 0. The maximum absolute atomic E-state index is 13.3. The molecule has 26 heavy (non-hydrogen) atoms. The number of rotatable bonds is 0. The lowest BCUT2D eigenvalue weighted by Gasteiger charge is -2.59. The van der Waals surface area contributed by atoms with E-state index in [0.717, 1.165) is 12.8 Å². The molecular formula is C20H26O6. The zero-order valence-electron chi connectivity index (χ0n) is 15.3. The monoisotopic (exact) mass is 362 g/mol. The van der Waals surface area contributed by atoms with Crippen molar-refractivity contribution in [2.45, 2.75) is 52.1 Å². The van der Waals surface area contributed by atoms with Crippen molar-refractivity contribution in [3.8, 4) is 0 Å². The molecule has 5 rings (SSSR count). The van der Waals surface area contributed by atoms with Gasteiger partial charge in [0.2, 0.25) is 0 Å². The molecule has 0 radical (unpaired) electrons. The summed E-state index contributed by atoms with van der Waals surface area (Å²) in [6.07, 6.45) is 2.66. The molecule has 2 bridgehead atoms. The van der Waals surface area contributed by atoms with Crippen LogP contribution in [-0.2, 0) is 23.9 Å². The van der Waals surface area contributed by atoms with Crippen LogP contribution in [0.5, 0.6) is 0 Å². The topological polar surface area (TPSA) is 89.9 Å². The second kappa shape index (κ2) is 4.89. The molecule has 0 aromatic carbocycles. The van der Waals surface area contributed by atoms with Crippen molar-refractivity contribution < 1.29 is 29.0 Å². The number of aliphatic hydroxyl groups is 1. The normalized spacial score (nSPS) is 55.3. The van der Waals surface area contributed by atoms with Crippen LogP contribution in [0.4, 0.5) is 0 Å². The van der Waals surface area contributed by atoms with Crippen molar-refractivity contribution in [3.05, 3.63) is 0 Å². The molecule has 8 atom stereocenters. The third kappa shape index (κ3) is 1.66. The number of hydrogen-bond donors (Lipinski definition) is 1. The highest BCUT2D eigenvalue weighted by Crippen LogP contribution is 2.69. The molecule has 3 aliphatic carbocycles. The lowest BCUT2D eigenvalue weighted by Crippen LogP contribution is -2.67. The number of fused-ring (bicyclic) bond motifs is 4. The fourth-order valence-corrected chi connectivity index (χ4v) is 7.55. The van der Waals surface area contributed by atoms with Gasteiger partial charge in [-0.3, -0.25) is 14.4 Å². The number of aliphatic hydroxyl groups excluding tert-OH is 1. The van der Waals surface area contributed by atoms with E-state index in [9.17, 15) is 19.5 Å². The van der Waals surface area contributed by atoms with Crippen molar-refractivity contribution in [1.82, 2.24) is 0 Å². The summed E-state index contributed by atoms with van der Waals surface area (Å²) in [6, 6.07) is 0. The average molecular weight is 362 g/mol. The van der Waals surface area contributed by atoms with Crippen LogP contribution in [0.25, 0.3) is 0 Å². The molecule has 0 unspecified atom stereocenters. The van der Waals surface area contributed by atoms with Crippen LogP contribution in [0.1, 0.15) is 46.0 Å². The zero-order chi connectivity index (χ0) is 18.5. The van der Waals surface area contributed by atoms with Crippen LogP contribution in [-0.4, -0.2) is 42.1 Å². The fraction of sp³-hybridized carbons (Fsp3) is 0.850. The largest absolute Gasteiger partial charge is 0.465 e. The van der Waals surface area contributed by atoms with E-state index in [0.29, 0.717) is 25.9 Å². The van der Waals surface area contributed by atoms with E-state index in [1.807, 2.05) is 6.92 Å². The molecule has 5 aliphatic rings. The summed E-state index contributed by atoms with van der Waals surface area (Å²) in [5.41, 5.74) is -2.29. The van der Waals surface area contributed by atoms with Crippen LogP contribution >= 0.6 is 0 Å². The molecule has 2 saturated heterocycles. The van der Waals surface area contributed by atoms with Crippen LogP contribution in [0.2, 0.25) is 0 Å². The molecule has 1 N–H and O–H groups in total. The zero-order valence-corrected chi connectivity index (χ0v) is 15.3. The molecular weight excluding hydrogens is 336 g/mol. The number of Topliss-reactive ketones (excluding diaryl/α,β-unsaturated/α-hetero) is 1. The van der Waals surface area contributed by atoms with Gasteiger partial charge in [-0.05, 0) is 31.6 Å². The number of hydrogen-bond acceptors (Lipinski definition) is 6. The van der Waals surface area contributed by atoms with Crippen molar-refractivity contribution in [1.29, 1.82) is 0 Å². The Bertz CT molecular complexity index is 717. The minimum atomic E-state index is -1.28. The van der Waals surface area contributed by atoms with Gasteiger partial charge in [0.1, 0.15) is 5.41 Å². The van der Waals surface area contributed by atoms with E-state index < -0.39 is 34.7 Å². The van der Waals surface area contributed by atoms with Gasteiger partial charge < -0.3 is 14.6 Å². The summed E-state index contributed by atoms with van der Waals surface area (Å²) in [4.78, 5) is 38.9. The standard InChI is InChI=1S/C20H26O6/c1-10-11-6-12(21)13-19(9-26-17(24)20(13,7-11)15(10)22)5-3-4-18(2)8-25-16(23)14(18)19/h10-14,21H,3-9H2,1-2H3/t10-,11+,12+,13-,14+,18-,19+,20-/m0/s1. The number of carbonyl (C=O) groups is 3. The van der Waals surface area contributed by atoms with Crippen molar-refractivity contribution in [3.63, 3.8) is 0 Å². The lowest BCUT2D eigenvalue weighted by atomic mass is 9.44. The first-order chi connectivity index (χ1) is 12.3. The van der Waals surface area contributed by atoms with Gasteiger partial charge in [0, 0.05) is 22.7 Å². The number of cyclic esters (lactones) is 2. The molecule has 2 heterocycles. The van der Waals surface area contributed by atoms with Crippen LogP contribution in [0.3, 0.4) is 0 Å². The molecule has 0 aromatic rings. The van der Waals surface area contributed by atoms with Gasteiger partial charge >= 0.3 is 11.9 Å². The van der Waals surface area contributed by atoms with Gasteiger partial charge in [0.15, 0.2) is 5.78 Å². The number of esters is 2. The Morgan fingerprint density at radius 1 is 1.12 bits per heavy atom. The van der Waals surface area contributed by atoms with Crippen molar-refractivity contribution in [2.75, 3.05) is 13.2 Å². The van der Waals surface area contributed by atoms with Crippen LogP contribution < -0.4 is 0 Å². The Morgan fingerprint density at radius 2 is 1.88 bits per heavy atom. The van der Waals surface area contributed by atoms with Gasteiger partial charge in [-0.15, -0.1) is 0 Å². The summed E-state index contributed by atoms with van der Waals surface area (Å²) < 4.78 is 11.1. The van der Waals surface area contributed by atoms with E-state index >= 15 is 0 Å².